The maximum absolute atomic E-state index is 12.9. The van der Waals surface area contributed by atoms with E-state index in [2.05, 4.69) is 5.32 Å². The normalized spacial score (nSPS) is 13.2. The first-order valence-electron chi connectivity index (χ1n) is 7.37. The molecule has 2 rings (SSSR count). The van der Waals surface area contributed by atoms with Crippen LogP contribution in [0.3, 0.4) is 0 Å². The Morgan fingerprint density at radius 3 is 2.36 bits per heavy atom. The molecule has 0 saturated carbocycles. The summed E-state index contributed by atoms with van der Waals surface area (Å²) in [6.45, 7) is 3.69. The Morgan fingerprint density at radius 2 is 1.77 bits per heavy atom. The summed E-state index contributed by atoms with van der Waals surface area (Å²) in [5.74, 6) is -0.0589. The van der Waals surface area contributed by atoms with E-state index in [1.807, 2.05) is 37.3 Å². The highest BCUT2D eigenvalue weighted by atomic mass is 19.1. The molecular formula is C18H20FNO2. The van der Waals surface area contributed by atoms with E-state index in [4.69, 9.17) is 4.74 Å². The first-order valence-corrected chi connectivity index (χ1v) is 7.37. The third-order valence-corrected chi connectivity index (χ3v) is 3.42. The van der Waals surface area contributed by atoms with Crippen molar-refractivity contribution < 1.29 is 13.9 Å². The van der Waals surface area contributed by atoms with Gasteiger partial charge < -0.3 is 10.1 Å². The lowest BCUT2D eigenvalue weighted by Gasteiger charge is -2.21. The Kier molecular flexibility index (Phi) is 5.53. The van der Waals surface area contributed by atoms with Gasteiger partial charge in [-0.05, 0) is 43.2 Å². The van der Waals surface area contributed by atoms with Crippen LogP contribution in [0.1, 0.15) is 31.9 Å². The van der Waals surface area contributed by atoms with E-state index in [1.54, 1.807) is 6.92 Å². The predicted molar refractivity (Wildman–Crippen MR) is 84.1 cm³/mol. The molecule has 0 aromatic heterocycles. The van der Waals surface area contributed by atoms with Crippen molar-refractivity contribution >= 4 is 5.91 Å². The number of carbonyl (C=O) groups is 1. The lowest BCUT2D eigenvalue weighted by molar-refractivity contribution is -0.128. The topological polar surface area (TPSA) is 38.3 Å². The number of ether oxygens (including phenoxy) is 1. The Bertz CT molecular complexity index is 598. The van der Waals surface area contributed by atoms with E-state index in [9.17, 15) is 9.18 Å². The average molecular weight is 301 g/mol. The van der Waals surface area contributed by atoms with Crippen molar-refractivity contribution in [1.29, 1.82) is 0 Å². The van der Waals surface area contributed by atoms with Crippen LogP contribution in [-0.4, -0.2) is 12.0 Å². The zero-order chi connectivity index (χ0) is 15.9. The zero-order valence-electron chi connectivity index (χ0n) is 12.8. The summed E-state index contributed by atoms with van der Waals surface area (Å²) in [6, 6.07) is 15.4. The smallest absolute Gasteiger partial charge is 0.261 e. The van der Waals surface area contributed by atoms with E-state index in [0.717, 1.165) is 12.0 Å². The fourth-order valence-electron chi connectivity index (χ4n) is 2.17. The molecule has 2 atom stereocenters. The highest BCUT2D eigenvalue weighted by Crippen LogP contribution is 2.17. The van der Waals surface area contributed by atoms with Gasteiger partial charge in [-0.15, -0.1) is 0 Å². The number of nitrogens with one attached hydrogen (secondary N) is 1. The standard InChI is InChI=1S/C18H20FNO2/c1-3-17(14-7-5-4-6-8-14)20-18(21)13(2)22-16-11-9-15(19)10-12-16/h4-13,17H,3H2,1-2H3,(H,20,21)/t13-,17+/m1/s1. The van der Waals surface area contributed by atoms with Crippen LogP contribution in [0.15, 0.2) is 54.6 Å². The summed E-state index contributed by atoms with van der Waals surface area (Å²) in [7, 11) is 0. The van der Waals surface area contributed by atoms with Crippen LogP contribution in [0.5, 0.6) is 5.75 Å². The van der Waals surface area contributed by atoms with Crippen molar-refractivity contribution in [1.82, 2.24) is 5.32 Å². The first kappa shape index (κ1) is 16.0. The molecule has 2 aromatic rings. The van der Waals surface area contributed by atoms with Gasteiger partial charge in [0.15, 0.2) is 6.10 Å². The molecule has 0 bridgehead atoms. The third-order valence-electron chi connectivity index (χ3n) is 3.42. The number of halogens is 1. The second-order valence-electron chi connectivity index (χ2n) is 5.09. The molecule has 0 saturated heterocycles. The molecule has 0 aliphatic rings. The van der Waals surface area contributed by atoms with Gasteiger partial charge in [-0.3, -0.25) is 4.79 Å². The maximum atomic E-state index is 12.9. The summed E-state index contributed by atoms with van der Waals surface area (Å²) in [6.07, 6.45) is 0.141. The van der Waals surface area contributed by atoms with E-state index in [-0.39, 0.29) is 17.8 Å². The summed E-state index contributed by atoms with van der Waals surface area (Å²) in [4.78, 5) is 12.2. The highest BCUT2D eigenvalue weighted by molar-refractivity contribution is 5.81. The van der Waals surface area contributed by atoms with Gasteiger partial charge >= 0.3 is 0 Å². The molecule has 2 aromatic carbocycles. The van der Waals surface area contributed by atoms with Gasteiger partial charge in [-0.2, -0.15) is 0 Å². The Balaban J connectivity index is 1.96. The van der Waals surface area contributed by atoms with Gasteiger partial charge in [0, 0.05) is 0 Å². The minimum Gasteiger partial charge on any atom is -0.481 e. The molecule has 0 unspecified atom stereocenters. The molecule has 0 aliphatic carbocycles. The van der Waals surface area contributed by atoms with Crippen LogP contribution in [0, 0.1) is 5.82 Å². The quantitative estimate of drug-likeness (QED) is 0.880. The summed E-state index contributed by atoms with van der Waals surface area (Å²) >= 11 is 0. The Hall–Kier alpha value is -2.36. The number of amides is 1. The van der Waals surface area contributed by atoms with E-state index in [1.165, 1.54) is 24.3 Å². The Labute approximate surface area is 130 Å². The molecule has 116 valence electrons. The van der Waals surface area contributed by atoms with Crippen LogP contribution in [0.25, 0.3) is 0 Å². The van der Waals surface area contributed by atoms with Crippen molar-refractivity contribution in [2.75, 3.05) is 0 Å². The molecule has 4 heteroatoms. The fraction of sp³-hybridized carbons (Fsp3) is 0.278. The molecule has 22 heavy (non-hydrogen) atoms. The highest BCUT2D eigenvalue weighted by Gasteiger charge is 2.19. The molecule has 3 nitrogen and oxygen atoms in total. The largest absolute Gasteiger partial charge is 0.481 e. The molecule has 1 N–H and O–H groups in total. The van der Waals surface area contributed by atoms with Gasteiger partial charge in [0.2, 0.25) is 0 Å². The SMILES string of the molecule is CC[C@H](NC(=O)[C@@H](C)Oc1ccc(F)cc1)c1ccccc1. The number of hydrogen-bond donors (Lipinski definition) is 1. The van der Waals surface area contributed by atoms with Gasteiger partial charge in [-0.1, -0.05) is 37.3 Å². The predicted octanol–water partition coefficient (Wildman–Crippen LogP) is 3.86. The van der Waals surface area contributed by atoms with Crippen LogP contribution in [0.4, 0.5) is 4.39 Å². The van der Waals surface area contributed by atoms with Crippen LogP contribution in [-0.2, 0) is 4.79 Å². The number of benzene rings is 2. The molecule has 0 aliphatic heterocycles. The summed E-state index contributed by atoms with van der Waals surface area (Å²) < 4.78 is 18.4. The third kappa shape index (κ3) is 4.32. The van der Waals surface area contributed by atoms with Crippen LogP contribution < -0.4 is 10.1 Å². The van der Waals surface area contributed by atoms with E-state index >= 15 is 0 Å². The maximum Gasteiger partial charge on any atom is 0.261 e. The second-order valence-corrected chi connectivity index (χ2v) is 5.09. The van der Waals surface area contributed by atoms with Crippen LogP contribution in [0.2, 0.25) is 0 Å². The van der Waals surface area contributed by atoms with Gasteiger partial charge in [0.05, 0.1) is 6.04 Å². The van der Waals surface area contributed by atoms with Crippen molar-refractivity contribution in [2.45, 2.75) is 32.4 Å². The van der Waals surface area contributed by atoms with Gasteiger partial charge in [-0.25, -0.2) is 4.39 Å². The minimum atomic E-state index is -0.650. The summed E-state index contributed by atoms with van der Waals surface area (Å²) in [5, 5.41) is 2.98. The lowest BCUT2D eigenvalue weighted by Crippen LogP contribution is -2.38. The molecule has 0 fully saturated rings. The molecule has 0 radical (unpaired) electrons. The molecule has 0 heterocycles. The van der Waals surface area contributed by atoms with E-state index < -0.39 is 6.10 Å². The Morgan fingerprint density at radius 1 is 1.14 bits per heavy atom. The molecular weight excluding hydrogens is 281 g/mol. The monoisotopic (exact) mass is 301 g/mol. The second kappa shape index (κ2) is 7.59. The number of carbonyl (C=O) groups excluding carboxylic acids is 1. The van der Waals surface area contributed by atoms with Crippen LogP contribution >= 0.6 is 0 Å². The number of rotatable bonds is 6. The van der Waals surface area contributed by atoms with Crippen molar-refractivity contribution in [2.24, 2.45) is 0 Å². The lowest BCUT2D eigenvalue weighted by atomic mass is 10.0. The average Bonchev–Trinajstić information content (AvgIpc) is 2.55. The van der Waals surface area contributed by atoms with Crippen molar-refractivity contribution in [3.63, 3.8) is 0 Å². The van der Waals surface area contributed by atoms with Crippen molar-refractivity contribution in [3.05, 3.63) is 66.0 Å². The minimum absolute atomic E-state index is 0.0482. The fourth-order valence-corrected chi connectivity index (χ4v) is 2.17. The van der Waals surface area contributed by atoms with Gasteiger partial charge in [0.25, 0.3) is 5.91 Å². The number of hydrogen-bond acceptors (Lipinski definition) is 2. The zero-order valence-corrected chi connectivity index (χ0v) is 12.8. The molecule has 0 spiro atoms. The summed E-state index contributed by atoms with van der Waals surface area (Å²) in [5.41, 5.74) is 1.06. The van der Waals surface area contributed by atoms with Crippen molar-refractivity contribution in [3.8, 4) is 5.75 Å². The van der Waals surface area contributed by atoms with Gasteiger partial charge in [0.1, 0.15) is 11.6 Å². The molecule has 1 amide bonds. The first-order chi connectivity index (χ1) is 10.6. The van der Waals surface area contributed by atoms with E-state index in [0.29, 0.717) is 5.75 Å².